The van der Waals surface area contributed by atoms with E-state index in [1.807, 2.05) is 31.4 Å². The number of hydrogen-bond donors (Lipinski definition) is 1. The van der Waals surface area contributed by atoms with Gasteiger partial charge in [0.05, 0.1) is 0 Å². The molecule has 7 heteroatoms. The number of hydrogen-bond acceptors (Lipinski definition) is 5. The molecule has 2 aromatic heterocycles. The number of fused-ring (bicyclic) bond motifs is 1. The number of benzene rings is 1. The highest BCUT2D eigenvalue weighted by atomic mass is 32.2. The summed E-state index contributed by atoms with van der Waals surface area (Å²) in [5, 5.41) is 13.4. The number of carbonyl (C=O) groups excluding carboxylic acids is 1. The van der Waals surface area contributed by atoms with E-state index >= 15 is 0 Å². The molecule has 0 aliphatic rings. The largest absolute Gasteiger partial charge is 0.451 e. The third kappa shape index (κ3) is 4.71. The Hall–Kier alpha value is -2.28. The van der Waals surface area contributed by atoms with E-state index in [1.165, 1.54) is 0 Å². The molecule has 1 N–H and O–H groups in total. The normalized spacial score (nSPS) is 11.4. The molecule has 0 aliphatic heterocycles. The first-order chi connectivity index (χ1) is 13.0. The maximum absolute atomic E-state index is 12.3. The summed E-state index contributed by atoms with van der Waals surface area (Å²) < 4.78 is 7.82. The Bertz CT molecular complexity index is 929. The van der Waals surface area contributed by atoms with Gasteiger partial charge >= 0.3 is 0 Å². The smallest absolute Gasteiger partial charge is 0.287 e. The van der Waals surface area contributed by atoms with Gasteiger partial charge in [0.25, 0.3) is 5.91 Å². The topological polar surface area (TPSA) is 73.0 Å². The maximum atomic E-state index is 12.3. The van der Waals surface area contributed by atoms with Crippen molar-refractivity contribution < 1.29 is 9.21 Å². The van der Waals surface area contributed by atoms with Crippen LogP contribution in [0.4, 0.5) is 0 Å². The molecule has 144 valence electrons. The quantitative estimate of drug-likeness (QED) is 0.467. The summed E-state index contributed by atoms with van der Waals surface area (Å²) in [6.07, 6.45) is 3.59. The highest BCUT2D eigenvalue weighted by molar-refractivity contribution is 7.98. The number of thioether (sulfide) groups is 1. The van der Waals surface area contributed by atoms with E-state index in [9.17, 15) is 4.79 Å². The second kappa shape index (κ2) is 8.61. The van der Waals surface area contributed by atoms with Gasteiger partial charge in [-0.05, 0) is 43.7 Å². The molecule has 0 saturated heterocycles. The average Bonchev–Trinajstić information content (AvgIpc) is 3.21. The van der Waals surface area contributed by atoms with Crippen molar-refractivity contribution in [2.75, 3.05) is 12.8 Å². The zero-order valence-corrected chi connectivity index (χ0v) is 17.1. The second-order valence-corrected chi connectivity index (χ2v) is 7.89. The molecule has 0 saturated carbocycles. The zero-order valence-electron chi connectivity index (χ0n) is 16.3. The standard InChI is InChI=1S/C20H26N4O2S/c1-13(2)12-24-18(22-23-20(24)27-4)6-5-9-21-19(25)17-11-15-10-14(3)7-8-16(15)26-17/h7-8,10-11,13H,5-6,9,12H2,1-4H3,(H,21,25). The monoisotopic (exact) mass is 386 g/mol. The Balaban J connectivity index is 1.55. The van der Waals surface area contributed by atoms with Gasteiger partial charge in [0.2, 0.25) is 0 Å². The molecule has 27 heavy (non-hydrogen) atoms. The molecule has 0 spiro atoms. The fourth-order valence-electron chi connectivity index (χ4n) is 3.01. The lowest BCUT2D eigenvalue weighted by Crippen LogP contribution is -2.24. The molecule has 1 amide bonds. The summed E-state index contributed by atoms with van der Waals surface area (Å²) >= 11 is 1.61. The Morgan fingerprint density at radius 2 is 2.11 bits per heavy atom. The first-order valence-electron chi connectivity index (χ1n) is 9.22. The number of aryl methyl sites for hydroxylation is 2. The summed E-state index contributed by atoms with van der Waals surface area (Å²) in [4.78, 5) is 12.3. The molecule has 0 fully saturated rings. The van der Waals surface area contributed by atoms with Crippen molar-refractivity contribution in [3.8, 4) is 0 Å². The zero-order chi connectivity index (χ0) is 19.4. The second-order valence-electron chi connectivity index (χ2n) is 7.12. The van der Waals surface area contributed by atoms with Gasteiger partial charge in [-0.2, -0.15) is 0 Å². The van der Waals surface area contributed by atoms with E-state index in [4.69, 9.17) is 4.42 Å². The van der Waals surface area contributed by atoms with Gasteiger partial charge in [0.1, 0.15) is 11.4 Å². The number of aromatic nitrogens is 3. The van der Waals surface area contributed by atoms with Crippen LogP contribution < -0.4 is 5.32 Å². The molecule has 0 unspecified atom stereocenters. The minimum atomic E-state index is -0.183. The predicted molar refractivity (Wildman–Crippen MR) is 108 cm³/mol. The van der Waals surface area contributed by atoms with E-state index in [0.717, 1.165) is 46.9 Å². The Labute approximate surface area is 163 Å². The minimum absolute atomic E-state index is 0.183. The number of carbonyl (C=O) groups is 1. The van der Waals surface area contributed by atoms with Crippen LogP contribution in [0.15, 0.2) is 33.8 Å². The number of nitrogens with one attached hydrogen (secondary N) is 1. The Kier molecular flexibility index (Phi) is 6.21. The van der Waals surface area contributed by atoms with Crippen LogP contribution in [0, 0.1) is 12.8 Å². The molecule has 0 aliphatic carbocycles. The summed E-state index contributed by atoms with van der Waals surface area (Å²) in [6, 6.07) is 7.68. The van der Waals surface area contributed by atoms with Crippen molar-refractivity contribution in [3.05, 3.63) is 41.4 Å². The van der Waals surface area contributed by atoms with Crippen LogP contribution in [0.25, 0.3) is 11.0 Å². The van der Waals surface area contributed by atoms with Gasteiger partial charge in [-0.25, -0.2) is 0 Å². The van der Waals surface area contributed by atoms with Gasteiger partial charge in [0, 0.05) is 24.9 Å². The predicted octanol–water partition coefficient (Wildman–Crippen LogP) is 4.07. The molecule has 0 atom stereocenters. The summed E-state index contributed by atoms with van der Waals surface area (Å²) in [5.74, 6) is 1.67. The summed E-state index contributed by atoms with van der Waals surface area (Å²) in [6.45, 7) is 7.86. The van der Waals surface area contributed by atoms with E-state index in [-0.39, 0.29) is 5.91 Å². The van der Waals surface area contributed by atoms with Crippen LogP contribution in [0.3, 0.4) is 0 Å². The van der Waals surface area contributed by atoms with Crippen molar-refractivity contribution in [1.82, 2.24) is 20.1 Å². The lowest BCUT2D eigenvalue weighted by Gasteiger charge is -2.11. The van der Waals surface area contributed by atoms with E-state index in [0.29, 0.717) is 18.2 Å². The van der Waals surface area contributed by atoms with Crippen LogP contribution in [0.1, 0.15) is 42.2 Å². The third-order valence-corrected chi connectivity index (χ3v) is 4.95. The van der Waals surface area contributed by atoms with Crippen LogP contribution in [-0.2, 0) is 13.0 Å². The summed E-state index contributed by atoms with van der Waals surface area (Å²) in [5.41, 5.74) is 1.88. The van der Waals surface area contributed by atoms with E-state index in [2.05, 4.69) is 33.9 Å². The van der Waals surface area contributed by atoms with Gasteiger partial charge in [-0.15, -0.1) is 10.2 Å². The Morgan fingerprint density at radius 3 is 2.85 bits per heavy atom. The molecule has 1 aromatic carbocycles. The molecule has 0 bridgehead atoms. The third-order valence-electron chi connectivity index (χ3n) is 4.28. The van der Waals surface area contributed by atoms with E-state index < -0.39 is 0 Å². The first-order valence-corrected chi connectivity index (χ1v) is 10.4. The highest BCUT2D eigenvalue weighted by Gasteiger charge is 2.14. The van der Waals surface area contributed by atoms with Crippen molar-refractivity contribution in [2.24, 2.45) is 5.92 Å². The number of amides is 1. The molecular formula is C20H26N4O2S. The van der Waals surface area contributed by atoms with Gasteiger partial charge in [-0.3, -0.25) is 4.79 Å². The van der Waals surface area contributed by atoms with Gasteiger partial charge in [-0.1, -0.05) is 37.2 Å². The molecular weight excluding hydrogens is 360 g/mol. The fraction of sp³-hybridized carbons (Fsp3) is 0.450. The number of nitrogens with zero attached hydrogens (tertiary/aromatic N) is 3. The van der Waals surface area contributed by atoms with Gasteiger partial charge < -0.3 is 14.3 Å². The average molecular weight is 387 g/mol. The minimum Gasteiger partial charge on any atom is -0.451 e. The van der Waals surface area contributed by atoms with Crippen molar-refractivity contribution in [1.29, 1.82) is 0 Å². The lowest BCUT2D eigenvalue weighted by atomic mass is 10.2. The van der Waals surface area contributed by atoms with Crippen molar-refractivity contribution >= 4 is 28.6 Å². The Morgan fingerprint density at radius 1 is 1.30 bits per heavy atom. The van der Waals surface area contributed by atoms with Crippen molar-refractivity contribution in [2.45, 2.75) is 45.3 Å². The molecule has 3 rings (SSSR count). The van der Waals surface area contributed by atoms with Crippen LogP contribution in [0.5, 0.6) is 0 Å². The molecule has 6 nitrogen and oxygen atoms in total. The lowest BCUT2D eigenvalue weighted by molar-refractivity contribution is 0.0927. The molecule has 0 radical (unpaired) electrons. The summed E-state index contributed by atoms with van der Waals surface area (Å²) in [7, 11) is 0. The maximum Gasteiger partial charge on any atom is 0.287 e. The highest BCUT2D eigenvalue weighted by Crippen LogP contribution is 2.20. The van der Waals surface area contributed by atoms with E-state index in [1.54, 1.807) is 17.8 Å². The SMILES string of the molecule is CSc1nnc(CCCNC(=O)c2cc3cc(C)ccc3o2)n1CC(C)C. The van der Waals surface area contributed by atoms with Crippen molar-refractivity contribution in [3.63, 3.8) is 0 Å². The number of rotatable bonds is 8. The first kappa shape index (κ1) is 19.5. The molecule has 3 aromatic rings. The van der Waals surface area contributed by atoms with Crippen LogP contribution in [-0.4, -0.2) is 33.5 Å². The number of furan rings is 1. The fourth-order valence-corrected chi connectivity index (χ4v) is 3.54. The van der Waals surface area contributed by atoms with Crippen LogP contribution in [0.2, 0.25) is 0 Å². The van der Waals surface area contributed by atoms with Gasteiger partial charge in [0.15, 0.2) is 10.9 Å². The van der Waals surface area contributed by atoms with Crippen LogP contribution >= 0.6 is 11.8 Å². The molecule has 2 heterocycles.